The molecule has 3 atom stereocenters. The van der Waals surface area contributed by atoms with Crippen LogP contribution < -0.4 is 10.1 Å². The summed E-state index contributed by atoms with van der Waals surface area (Å²) < 4.78 is 6.73. The number of rotatable bonds is 10. The third-order valence-corrected chi connectivity index (χ3v) is 9.59. The Morgan fingerprint density at radius 2 is 1.71 bits per heavy atom. The topological polar surface area (TPSA) is 95.0 Å². The zero-order chi connectivity index (χ0) is 33.6. The van der Waals surface area contributed by atoms with E-state index in [9.17, 15) is 14.7 Å². The number of aromatic nitrogens is 1. The molecular formula is C39H40N4O4S. The Labute approximate surface area is 285 Å². The molecule has 0 bridgehead atoms. The van der Waals surface area contributed by atoms with Gasteiger partial charge >= 0.3 is 0 Å². The van der Waals surface area contributed by atoms with E-state index in [1.807, 2.05) is 42.6 Å². The highest BCUT2D eigenvalue weighted by molar-refractivity contribution is 7.13. The van der Waals surface area contributed by atoms with E-state index in [0.29, 0.717) is 42.2 Å². The minimum atomic E-state index is -0.387. The third kappa shape index (κ3) is 7.49. The monoisotopic (exact) mass is 660 g/mol. The summed E-state index contributed by atoms with van der Waals surface area (Å²) in [5.74, 6) is -0.287. The molecule has 1 aliphatic rings. The average Bonchev–Trinajstić information content (AvgIpc) is 3.66. The fourth-order valence-electron chi connectivity index (χ4n) is 6.00. The van der Waals surface area contributed by atoms with Crippen LogP contribution in [0.2, 0.25) is 0 Å². The highest BCUT2D eigenvalue weighted by Crippen LogP contribution is 2.35. The molecule has 2 heterocycles. The quantitative estimate of drug-likeness (QED) is 0.166. The Bertz CT molecular complexity index is 1830. The van der Waals surface area contributed by atoms with Crippen LogP contribution in [-0.2, 0) is 6.54 Å². The summed E-state index contributed by atoms with van der Waals surface area (Å²) in [6.45, 7) is 5.45. The van der Waals surface area contributed by atoms with Gasteiger partial charge in [-0.05, 0) is 54.9 Å². The summed E-state index contributed by atoms with van der Waals surface area (Å²) in [6, 6.07) is 31.0. The van der Waals surface area contributed by atoms with Gasteiger partial charge in [0.15, 0.2) is 5.75 Å². The first-order valence-electron chi connectivity index (χ1n) is 16.2. The predicted octanol–water partition coefficient (Wildman–Crippen LogP) is 7.08. The van der Waals surface area contributed by atoms with Gasteiger partial charge in [0, 0.05) is 48.3 Å². The van der Waals surface area contributed by atoms with Crippen molar-refractivity contribution in [3.8, 4) is 27.4 Å². The van der Waals surface area contributed by atoms with Gasteiger partial charge in [-0.15, -0.1) is 11.3 Å². The number of benzene rings is 4. The molecule has 246 valence electrons. The van der Waals surface area contributed by atoms with Gasteiger partial charge in [0.25, 0.3) is 11.8 Å². The molecule has 2 amide bonds. The number of nitrogens with zero attached hydrogens (tertiary/aromatic N) is 3. The van der Waals surface area contributed by atoms with Gasteiger partial charge in [0.1, 0.15) is 11.1 Å². The third-order valence-electron chi connectivity index (χ3n) is 8.77. The largest absolute Gasteiger partial charge is 0.486 e. The van der Waals surface area contributed by atoms with Crippen molar-refractivity contribution in [2.45, 2.75) is 32.5 Å². The van der Waals surface area contributed by atoms with Crippen LogP contribution >= 0.6 is 11.3 Å². The van der Waals surface area contributed by atoms with Crippen molar-refractivity contribution >= 4 is 28.8 Å². The van der Waals surface area contributed by atoms with Gasteiger partial charge in [0.2, 0.25) is 0 Å². The second kappa shape index (κ2) is 14.9. The van der Waals surface area contributed by atoms with Crippen LogP contribution in [0, 0.1) is 5.92 Å². The van der Waals surface area contributed by atoms with Crippen LogP contribution in [0.15, 0.2) is 109 Å². The maximum Gasteiger partial charge on any atom is 0.258 e. The van der Waals surface area contributed by atoms with E-state index < -0.39 is 0 Å². The van der Waals surface area contributed by atoms with E-state index >= 15 is 0 Å². The average molecular weight is 661 g/mol. The summed E-state index contributed by atoms with van der Waals surface area (Å²) in [5, 5.41) is 15.9. The molecule has 0 saturated heterocycles. The van der Waals surface area contributed by atoms with Crippen molar-refractivity contribution in [1.29, 1.82) is 0 Å². The molecule has 0 saturated carbocycles. The number of nitrogens with one attached hydrogen (secondary N) is 1. The van der Waals surface area contributed by atoms with Crippen molar-refractivity contribution in [3.63, 3.8) is 0 Å². The Morgan fingerprint density at radius 1 is 1.00 bits per heavy atom. The first-order valence-corrected chi connectivity index (χ1v) is 17.0. The molecule has 5 aromatic rings. The van der Waals surface area contributed by atoms with E-state index in [0.717, 1.165) is 10.6 Å². The van der Waals surface area contributed by atoms with Crippen molar-refractivity contribution in [3.05, 3.63) is 125 Å². The number of carbonyl (C=O) groups excluding carboxylic acids is 2. The van der Waals surface area contributed by atoms with E-state index in [1.54, 1.807) is 41.4 Å². The lowest BCUT2D eigenvalue weighted by Crippen LogP contribution is -2.49. The fraction of sp³-hybridized carbons (Fsp3) is 0.256. The number of aliphatic hydroxyl groups is 1. The van der Waals surface area contributed by atoms with Crippen molar-refractivity contribution in [1.82, 2.24) is 14.8 Å². The van der Waals surface area contributed by atoms with E-state index in [4.69, 9.17) is 4.74 Å². The molecule has 1 aromatic heterocycles. The molecular weight excluding hydrogens is 621 g/mol. The van der Waals surface area contributed by atoms with Gasteiger partial charge in [-0.3, -0.25) is 14.5 Å². The number of hydrogen-bond donors (Lipinski definition) is 2. The lowest BCUT2D eigenvalue weighted by molar-refractivity contribution is 0.0343. The Morgan fingerprint density at radius 3 is 2.40 bits per heavy atom. The van der Waals surface area contributed by atoms with Gasteiger partial charge in [-0.25, -0.2) is 4.98 Å². The SMILES string of the molecule is C[C@H](CO)N1C[C@H](C)[C@H](CN(C)Cc2ccc(-c3ccccc3)cc2)Oc2c(NC(=O)c3ccc(-c4nccs4)cc3)cccc2C1=O. The number of likely N-dealkylation sites (N-methyl/N-ethyl adjacent to an activating group) is 1. The lowest BCUT2D eigenvalue weighted by atomic mass is 9.98. The predicted molar refractivity (Wildman–Crippen MR) is 191 cm³/mol. The molecule has 0 fully saturated rings. The maximum absolute atomic E-state index is 13.9. The number of carbonyl (C=O) groups is 2. The smallest absolute Gasteiger partial charge is 0.258 e. The lowest BCUT2D eigenvalue weighted by Gasteiger charge is -2.38. The van der Waals surface area contributed by atoms with Crippen LogP contribution in [0.3, 0.4) is 0 Å². The second-order valence-corrected chi connectivity index (χ2v) is 13.3. The number of fused-ring (bicyclic) bond motifs is 1. The minimum absolute atomic E-state index is 0.0684. The van der Waals surface area contributed by atoms with Crippen LogP contribution in [-0.4, -0.2) is 70.6 Å². The molecule has 8 nitrogen and oxygen atoms in total. The second-order valence-electron chi connectivity index (χ2n) is 12.4. The molecule has 2 N–H and O–H groups in total. The van der Waals surface area contributed by atoms with Crippen molar-refractivity contribution < 1.29 is 19.4 Å². The fourth-order valence-corrected chi connectivity index (χ4v) is 6.65. The summed E-state index contributed by atoms with van der Waals surface area (Å²) >= 11 is 1.54. The highest BCUT2D eigenvalue weighted by atomic mass is 32.1. The Balaban J connectivity index is 1.24. The number of hydrogen-bond acceptors (Lipinski definition) is 7. The van der Waals surface area contributed by atoms with Crippen molar-refractivity contribution in [2.24, 2.45) is 5.92 Å². The minimum Gasteiger partial charge on any atom is -0.486 e. The Hall–Kier alpha value is -4.83. The molecule has 6 rings (SSSR count). The van der Waals surface area contributed by atoms with Gasteiger partial charge in [0.05, 0.1) is 23.9 Å². The van der Waals surface area contributed by atoms with Gasteiger partial charge < -0.3 is 20.1 Å². The van der Waals surface area contributed by atoms with Crippen LogP contribution in [0.4, 0.5) is 5.69 Å². The van der Waals surface area contributed by atoms with Crippen molar-refractivity contribution in [2.75, 3.05) is 32.1 Å². The zero-order valence-electron chi connectivity index (χ0n) is 27.4. The first-order chi connectivity index (χ1) is 23.3. The summed E-state index contributed by atoms with van der Waals surface area (Å²) in [4.78, 5) is 35.6. The van der Waals surface area contributed by atoms with Crippen LogP contribution in [0.1, 0.15) is 40.1 Å². The van der Waals surface area contributed by atoms with Gasteiger partial charge in [-0.2, -0.15) is 0 Å². The number of ether oxygens (including phenoxy) is 1. The summed E-state index contributed by atoms with van der Waals surface area (Å²) in [6.07, 6.45) is 1.44. The first kappa shape index (κ1) is 33.1. The summed E-state index contributed by atoms with van der Waals surface area (Å²) in [7, 11) is 2.06. The van der Waals surface area contributed by atoms with E-state index in [1.165, 1.54) is 28.0 Å². The maximum atomic E-state index is 13.9. The number of aliphatic hydroxyl groups excluding tert-OH is 1. The Kier molecular flexibility index (Phi) is 10.3. The number of anilines is 1. The normalized spacial score (nSPS) is 16.9. The van der Waals surface area contributed by atoms with Crippen LogP contribution in [0.5, 0.6) is 5.75 Å². The molecule has 0 radical (unpaired) electrons. The standard InChI is InChI=1S/C39H40N4O4S/c1-26-22-43(27(2)25-44)39(46)33-10-7-11-34(41-37(45)31-16-18-32(19-17-31)38-40-20-21-48-38)36(33)47-35(26)24-42(3)23-28-12-14-30(15-13-28)29-8-5-4-6-9-29/h4-21,26-27,35,44H,22-25H2,1-3H3,(H,41,45)/t26-,27+,35-/m0/s1. The number of para-hydroxylation sites is 1. The molecule has 0 unspecified atom stereocenters. The molecule has 0 aliphatic carbocycles. The van der Waals surface area contributed by atoms with E-state index in [2.05, 4.69) is 65.6 Å². The highest BCUT2D eigenvalue weighted by Gasteiger charge is 2.34. The molecule has 1 aliphatic heterocycles. The molecule has 0 spiro atoms. The summed E-state index contributed by atoms with van der Waals surface area (Å²) in [5.41, 5.74) is 5.71. The molecule has 9 heteroatoms. The van der Waals surface area contributed by atoms with Gasteiger partial charge in [-0.1, -0.05) is 79.7 Å². The number of thiazole rings is 1. The molecule has 4 aromatic carbocycles. The van der Waals surface area contributed by atoms with E-state index in [-0.39, 0.29) is 36.5 Å². The number of amides is 2. The molecule has 48 heavy (non-hydrogen) atoms. The van der Waals surface area contributed by atoms with Crippen LogP contribution in [0.25, 0.3) is 21.7 Å². The zero-order valence-corrected chi connectivity index (χ0v) is 28.2.